The van der Waals surface area contributed by atoms with Crippen LogP contribution in [0.5, 0.6) is 0 Å². The van der Waals surface area contributed by atoms with Gasteiger partial charge in [-0.15, -0.1) is 0 Å². The summed E-state index contributed by atoms with van der Waals surface area (Å²) in [6.45, 7) is 4.32. The van der Waals surface area contributed by atoms with Gasteiger partial charge >= 0.3 is 5.97 Å². The molecule has 0 aliphatic rings. The first-order valence-electron chi connectivity index (χ1n) is 5.76. The molecule has 0 aromatic heterocycles. The number of rotatable bonds is 6. The van der Waals surface area contributed by atoms with Gasteiger partial charge in [-0.25, -0.2) is 17.9 Å². The zero-order valence-electron chi connectivity index (χ0n) is 10.7. The Kier molecular flexibility index (Phi) is 5.34. The molecular formula is C12H16ClNO4S. The van der Waals surface area contributed by atoms with Gasteiger partial charge in [-0.1, -0.05) is 25.4 Å². The van der Waals surface area contributed by atoms with E-state index in [0.717, 1.165) is 12.5 Å². The monoisotopic (exact) mass is 305 g/mol. The molecule has 0 aliphatic carbocycles. The van der Waals surface area contributed by atoms with Gasteiger partial charge in [0.15, 0.2) is 0 Å². The summed E-state index contributed by atoms with van der Waals surface area (Å²) in [6, 6.07) is 3.55. The van der Waals surface area contributed by atoms with Crippen LogP contribution in [0.2, 0.25) is 5.02 Å². The molecule has 1 rings (SSSR count). The average molecular weight is 306 g/mol. The molecule has 1 aromatic rings. The Balaban J connectivity index is 2.90. The summed E-state index contributed by atoms with van der Waals surface area (Å²) in [7, 11) is -3.65. The lowest BCUT2D eigenvalue weighted by Crippen LogP contribution is -2.25. The van der Waals surface area contributed by atoms with Crippen molar-refractivity contribution in [3.8, 4) is 0 Å². The van der Waals surface area contributed by atoms with Crippen molar-refractivity contribution in [1.29, 1.82) is 0 Å². The number of aromatic carboxylic acids is 1. The number of carbonyl (C=O) groups is 1. The standard InChI is InChI=1S/C12H16ClNO4S/c1-8(2)5-6-14-19(17,18)9-3-4-10(12(15)16)11(13)7-9/h3-4,7-8,14H,5-6H2,1-2H3,(H,15,16). The van der Waals surface area contributed by atoms with Gasteiger partial charge in [0.25, 0.3) is 0 Å². The largest absolute Gasteiger partial charge is 0.478 e. The van der Waals surface area contributed by atoms with Crippen LogP contribution in [0.3, 0.4) is 0 Å². The number of hydrogen-bond donors (Lipinski definition) is 2. The molecule has 2 N–H and O–H groups in total. The molecule has 0 atom stereocenters. The van der Waals surface area contributed by atoms with Gasteiger partial charge in [0.1, 0.15) is 0 Å². The third kappa shape index (κ3) is 4.49. The van der Waals surface area contributed by atoms with Crippen LogP contribution in [0.15, 0.2) is 23.1 Å². The smallest absolute Gasteiger partial charge is 0.337 e. The third-order valence-electron chi connectivity index (χ3n) is 2.50. The van der Waals surface area contributed by atoms with E-state index in [-0.39, 0.29) is 15.5 Å². The van der Waals surface area contributed by atoms with Crippen molar-refractivity contribution in [2.24, 2.45) is 5.92 Å². The van der Waals surface area contributed by atoms with Gasteiger partial charge in [-0.3, -0.25) is 0 Å². The molecule has 0 unspecified atom stereocenters. The summed E-state index contributed by atoms with van der Waals surface area (Å²) < 4.78 is 26.3. The van der Waals surface area contributed by atoms with Crippen molar-refractivity contribution in [2.75, 3.05) is 6.54 Å². The quantitative estimate of drug-likeness (QED) is 0.845. The van der Waals surface area contributed by atoms with Crippen LogP contribution in [0.4, 0.5) is 0 Å². The van der Waals surface area contributed by atoms with Crippen LogP contribution in [0.25, 0.3) is 0 Å². The first kappa shape index (κ1) is 15.9. The number of nitrogens with one attached hydrogen (secondary N) is 1. The zero-order valence-corrected chi connectivity index (χ0v) is 12.3. The van der Waals surface area contributed by atoms with Gasteiger partial charge in [0, 0.05) is 6.54 Å². The number of carboxylic acid groups (broad SMARTS) is 1. The highest BCUT2D eigenvalue weighted by atomic mass is 35.5. The second kappa shape index (κ2) is 6.36. The SMILES string of the molecule is CC(C)CCNS(=O)(=O)c1ccc(C(=O)O)c(Cl)c1. The predicted molar refractivity (Wildman–Crippen MR) is 73.1 cm³/mol. The molecule has 0 fully saturated rings. The Labute approximate surface area is 117 Å². The lowest BCUT2D eigenvalue weighted by atomic mass is 10.1. The minimum atomic E-state index is -3.65. The van der Waals surface area contributed by atoms with Crippen LogP contribution in [0, 0.1) is 5.92 Å². The minimum absolute atomic E-state index is 0.0359. The molecule has 0 radical (unpaired) electrons. The molecular weight excluding hydrogens is 290 g/mol. The third-order valence-corrected chi connectivity index (χ3v) is 4.27. The number of carboxylic acids is 1. The Bertz CT molecular complexity index is 569. The highest BCUT2D eigenvalue weighted by Crippen LogP contribution is 2.20. The minimum Gasteiger partial charge on any atom is -0.478 e. The summed E-state index contributed by atoms with van der Waals surface area (Å²) in [5, 5.41) is 8.71. The first-order valence-corrected chi connectivity index (χ1v) is 7.62. The summed E-state index contributed by atoms with van der Waals surface area (Å²) in [4.78, 5) is 10.7. The van der Waals surface area contributed by atoms with Crippen molar-refractivity contribution in [1.82, 2.24) is 4.72 Å². The highest BCUT2D eigenvalue weighted by molar-refractivity contribution is 7.89. The number of hydrogen-bond acceptors (Lipinski definition) is 3. The molecule has 106 valence electrons. The van der Waals surface area contributed by atoms with Crippen LogP contribution >= 0.6 is 11.6 Å². The van der Waals surface area contributed by atoms with E-state index in [1.165, 1.54) is 12.1 Å². The molecule has 0 saturated heterocycles. The molecule has 0 bridgehead atoms. The van der Waals surface area contributed by atoms with Crippen molar-refractivity contribution < 1.29 is 18.3 Å². The van der Waals surface area contributed by atoms with Crippen LogP contribution < -0.4 is 4.72 Å². The van der Waals surface area contributed by atoms with E-state index in [1.54, 1.807) is 0 Å². The lowest BCUT2D eigenvalue weighted by molar-refractivity contribution is 0.0697. The molecule has 0 heterocycles. The maximum Gasteiger partial charge on any atom is 0.337 e. The molecule has 0 spiro atoms. The molecule has 1 aromatic carbocycles. The average Bonchev–Trinajstić information content (AvgIpc) is 2.27. The van der Waals surface area contributed by atoms with Gasteiger partial charge in [-0.05, 0) is 30.5 Å². The summed E-state index contributed by atoms with van der Waals surface area (Å²) >= 11 is 5.74. The Hall–Kier alpha value is -1.11. The first-order chi connectivity index (χ1) is 8.74. The fourth-order valence-electron chi connectivity index (χ4n) is 1.40. The second-order valence-corrected chi connectivity index (χ2v) is 6.70. The highest BCUT2D eigenvalue weighted by Gasteiger charge is 2.17. The van der Waals surface area contributed by atoms with E-state index in [0.29, 0.717) is 12.5 Å². The van der Waals surface area contributed by atoms with E-state index in [1.807, 2.05) is 13.8 Å². The molecule has 0 aliphatic heterocycles. The van der Waals surface area contributed by atoms with E-state index in [4.69, 9.17) is 16.7 Å². The molecule has 5 nitrogen and oxygen atoms in total. The van der Waals surface area contributed by atoms with Crippen LogP contribution in [-0.2, 0) is 10.0 Å². The Morgan fingerprint density at radius 1 is 1.42 bits per heavy atom. The maximum absolute atomic E-state index is 11.9. The van der Waals surface area contributed by atoms with Crippen LogP contribution in [-0.4, -0.2) is 26.0 Å². The predicted octanol–water partition coefficient (Wildman–Crippen LogP) is 2.36. The zero-order chi connectivity index (χ0) is 14.6. The van der Waals surface area contributed by atoms with Crippen LogP contribution in [0.1, 0.15) is 30.6 Å². The van der Waals surface area contributed by atoms with Gasteiger partial charge < -0.3 is 5.11 Å². The second-order valence-electron chi connectivity index (χ2n) is 4.53. The van der Waals surface area contributed by atoms with Crippen molar-refractivity contribution in [2.45, 2.75) is 25.2 Å². The van der Waals surface area contributed by atoms with Crippen molar-refractivity contribution in [3.63, 3.8) is 0 Å². The molecule has 19 heavy (non-hydrogen) atoms. The molecule has 0 amide bonds. The lowest BCUT2D eigenvalue weighted by Gasteiger charge is -2.09. The number of halogens is 1. The maximum atomic E-state index is 11.9. The fourth-order valence-corrected chi connectivity index (χ4v) is 2.80. The molecule has 0 saturated carbocycles. The molecule has 7 heteroatoms. The van der Waals surface area contributed by atoms with Gasteiger partial charge in [0.2, 0.25) is 10.0 Å². The van der Waals surface area contributed by atoms with Crippen molar-refractivity contribution in [3.05, 3.63) is 28.8 Å². The normalized spacial score (nSPS) is 11.8. The fraction of sp³-hybridized carbons (Fsp3) is 0.417. The Morgan fingerprint density at radius 3 is 2.53 bits per heavy atom. The summed E-state index contributed by atoms with van der Waals surface area (Å²) in [5.41, 5.74) is -0.122. The van der Waals surface area contributed by atoms with Crippen molar-refractivity contribution >= 4 is 27.6 Å². The Morgan fingerprint density at radius 2 is 2.05 bits per heavy atom. The van der Waals surface area contributed by atoms with E-state index in [9.17, 15) is 13.2 Å². The number of sulfonamides is 1. The summed E-state index contributed by atoms with van der Waals surface area (Å²) in [6.07, 6.45) is 0.722. The summed E-state index contributed by atoms with van der Waals surface area (Å²) in [5.74, 6) is -0.803. The van der Waals surface area contributed by atoms with E-state index in [2.05, 4.69) is 4.72 Å². The topological polar surface area (TPSA) is 83.5 Å². The number of benzene rings is 1. The van der Waals surface area contributed by atoms with E-state index < -0.39 is 16.0 Å². The van der Waals surface area contributed by atoms with E-state index >= 15 is 0 Å². The van der Waals surface area contributed by atoms with Gasteiger partial charge in [0.05, 0.1) is 15.5 Å². The van der Waals surface area contributed by atoms with Gasteiger partial charge in [-0.2, -0.15) is 0 Å².